The Morgan fingerprint density at radius 1 is 1.26 bits per heavy atom. The van der Waals surface area contributed by atoms with Gasteiger partial charge in [-0.25, -0.2) is 0 Å². The van der Waals surface area contributed by atoms with Gasteiger partial charge in [0.1, 0.15) is 6.04 Å². The molecule has 1 aliphatic rings. The topological polar surface area (TPSA) is 40.6 Å². The molecule has 0 N–H and O–H groups in total. The normalized spacial score (nSPS) is 19.7. The summed E-state index contributed by atoms with van der Waals surface area (Å²) in [4.78, 5) is 27.5. The number of aryl methyl sites for hydroxylation is 1. The van der Waals surface area contributed by atoms with Crippen LogP contribution in [0.3, 0.4) is 0 Å². The summed E-state index contributed by atoms with van der Waals surface area (Å²) >= 11 is 0. The van der Waals surface area contributed by atoms with E-state index >= 15 is 0 Å². The molecule has 0 radical (unpaired) electrons. The standard InChI is InChI=1S/C15H20N2O2/c1-11-4-6-13(7-5-11)10-14(18)17-9-8-16(3)15(19)12(17)2/h4-7,12H,8-10H2,1-3H3. The molecule has 2 rings (SSSR count). The van der Waals surface area contributed by atoms with Crippen molar-refractivity contribution in [2.24, 2.45) is 0 Å². The first kappa shape index (κ1) is 13.6. The van der Waals surface area contributed by atoms with Gasteiger partial charge in [-0.2, -0.15) is 0 Å². The Balaban J connectivity index is 2.04. The van der Waals surface area contributed by atoms with Crippen molar-refractivity contribution in [2.75, 3.05) is 20.1 Å². The minimum absolute atomic E-state index is 0.0171. The van der Waals surface area contributed by atoms with Crippen LogP contribution in [0, 0.1) is 6.92 Å². The van der Waals surface area contributed by atoms with Gasteiger partial charge >= 0.3 is 0 Å². The zero-order valence-electron chi connectivity index (χ0n) is 11.7. The molecule has 0 spiro atoms. The molecule has 1 saturated heterocycles. The van der Waals surface area contributed by atoms with Crippen molar-refractivity contribution in [1.82, 2.24) is 9.80 Å². The summed E-state index contributed by atoms with van der Waals surface area (Å²) in [6.07, 6.45) is 0.363. The van der Waals surface area contributed by atoms with Crippen molar-refractivity contribution in [3.8, 4) is 0 Å². The number of carbonyl (C=O) groups excluding carboxylic acids is 2. The molecule has 0 aromatic heterocycles. The van der Waals surface area contributed by atoms with Crippen molar-refractivity contribution < 1.29 is 9.59 Å². The van der Waals surface area contributed by atoms with Crippen molar-refractivity contribution in [1.29, 1.82) is 0 Å². The van der Waals surface area contributed by atoms with E-state index in [1.54, 1.807) is 23.8 Å². The summed E-state index contributed by atoms with van der Waals surface area (Å²) in [5, 5.41) is 0. The lowest BCUT2D eigenvalue weighted by atomic mass is 10.1. The fourth-order valence-electron chi connectivity index (χ4n) is 2.34. The highest BCUT2D eigenvalue weighted by atomic mass is 16.2. The zero-order chi connectivity index (χ0) is 14.0. The average molecular weight is 260 g/mol. The third-order valence-corrected chi connectivity index (χ3v) is 3.67. The van der Waals surface area contributed by atoms with Gasteiger partial charge < -0.3 is 9.80 Å². The minimum atomic E-state index is -0.350. The molecular weight excluding hydrogens is 240 g/mol. The maximum Gasteiger partial charge on any atom is 0.244 e. The van der Waals surface area contributed by atoms with E-state index < -0.39 is 0 Å². The second kappa shape index (κ2) is 5.43. The molecule has 1 heterocycles. The number of benzene rings is 1. The molecule has 19 heavy (non-hydrogen) atoms. The van der Waals surface area contributed by atoms with E-state index in [2.05, 4.69) is 0 Å². The molecule has 4 heteroatoms. The maximum absolute atomic E-state index is 12.3. The highest BCUT2D eigenvalue weighted by Gasteiger charge is 2.32. The number of amides is 2. The Kier molecular flexibility index (Phi) is 3.88. The third-order valence-electron chi connectivity index (χ3n) is 3.67. The van der Waals surface area contributed by atoms with Crippen molar-refractivity contribution in [3.05, 3.63) is 35.4 Å². The molecule has 0 saturated carbocycles. The molecule has 4 nitrogen and oxygen atoms in total. The second-order valence-electron chi connectivity index (χ2n) is 5.19. The number of likely N-dealkylation sites (N-methyl/N-ethyl adjacent to an activating group) is 1. The molecule has 0 aliphatic carbocycles. The zero-order valence-corrected chi connectivity index (χ0v) is 11.7. The van der Waals surface area contributed by atoms with E-state index in [-0.39, 0.29) is 17.9 Å². The Morgan fingerprint density at radius 2 is 1.89 bits per heavy atom. The first-order valence-corrected chi connectivity index (χ1v) is 6.59. The lowest BCUT2D eigenvalue weighted by Gasteiger charge is -2.37. The number of rotatable bonds is 2. The number of carbonyl (C=O) groups is 2. The van der Waals surface area contributed by atoms with Crippen LogP contribution in [-0.2, 0) is 16.0 Å². The first-order valence-electron chi connectivity index (χ1n) is 6.59. The van der Waals surface area contributed by atoms with E-state index in [0.717, 1.165) is 5.56 Å². The van der Waals surface area contributed by atoms with Gasteiger partial charge in [-0.1, -0.05) is 29.8 Å². The monoisotopic (exact) mass is 260 g/mol. The molecule has 1 fully saturated rings. The van der Waals surface area contributed by atoms with Gasteiger partial charge in [-0.05, 0) is 19.4 Å². The molecule has 1 aliphatic heterocycles. The SMILES string of the molecule is Cc1ccc(CC(=O)N2CCN(C)C(=O)C2C)cc1. The predicted molar refractivity (Wildman–Crippen MR) is 73.7 cm³/mol. The van der Waals surface area contributed by atoms with Crippen molar-refractivity contribution in [2.45, 2.75) is 26.3 Å². The van der Waals surface area contributed by atoms with E-state index in [4.69, 9.17) is 0 Å². The maximum atomic E-state index is 12.3. The smallest absolute Gasteiger partial charge is 0.244 e. The van der Waals surface area contributed by atoms with Crippen molar-refractivity contribution in [3.63, 3.8) is 0 Å². The lowest BCUT2D eigenvalue weighted by Crippen LogP contribution is -2.56. The van der Waals surface area contributed by atoms with Crippen LogP contribution in [0.2, 0.25) is 0 Å². The minimum Gasteiger partial charge on any atom is -0.342 e. The van der Waals surface area contributed by atoms with Crippen LogP contribution < -0.4 is 0 Å². The Bertz CT molecular complexity index is 481. The van der Waals surface area contributed by atoms with Gasteiger partial charge in [0.05, 0.1) is 6.42 Å². The summed E-state index contributed by atoms with van der Waals surface area (Å²) in [5.41, 5.74) is 2.17. The Hall–Kier alpha value is -1.84. The quantitative estimate of drug-likeness (QED) is 0.802. The first-order chi connectivity index (χ1) is 8.99. The van der Waals surface area contributed by atoms with E-state index in [1.807, 2.05) is 31.2 Å². The van der Waals surface area contributed by atoms with Gasteiger partial charge in [0, 0.05) is 20.1 Å². The Labute approximate surface area is 114 Å². The molecular formula is C15H20N2O2. The van der Waals surface area contributed by atoms with E-state index in [1.165, 1.54) is 5.56 Å². The van der Waals surface area contributed by atoms with Crippen LogP contribution in [0.15, 0.2) is 24.3 Å². The van der Waals surface area contributed by atoms with Crippen LogP contribution in [0.25, 0.3) is 0 Å². The van der Waals surface area contributed by atoms with E-state index in [0.29, 0.717) is 19.5 Å². The molecule has 0 bridgehead atoms. The molecule has 1 atom stereocenters. The summed E-state index contributed by atoms with van der Waals surface area (Å²) in [6, 6.07) is 7.59. The van der Waals surface area contributed by atoms with Gasteiger partial charge in [-0.3, -0.25) is 9.59 Å². The highest BCUT2D eigenvalue weighted by Crippen LogP contribution is 2.13. The largest absolute Gasteiger partial charge is 0.342 e. The Morgan fingerprint density at radius 3 is 2.53 bits per heavy atom. The summed E-state index contributed by atoms with van der Waals surface area (Å²) in [5.74, 6) is 0.0429. The number of nitrogens with zero attached hydrogens (tertiary/aromatic N) is 2. The fourth-order valence-corrected chi connectivity index (χ4v) is 2.34. The summed E-state index contributed by atoms with van der Waals surface area (Å²) in [7, 11) is 1.78. The predicted octanol–water partition coefficient (Wildman–Crippen LogP) is 1.23. The summed E-state index contributed by atoms with van der Waals surface area (Å²) < 4.78 is 0. The van der Waals surface area contributed by atoms with E-state index in [9.17, 15) is 9.59 Å². The second-order valence-corrected chi connectivity index (χ2v) is 5.19. The number of hydrogen-bond donors (Lipinski definition) is 0. The summed E-state index contributed by atoms with van der Waals surface area (Å²) in [6.45, 7) is 5.05. The van der Waals surface area contributed by atoms with Gasteiger partial charge in [0.15, 0.2) is 0 Å². The number of hydrogen-bond acceptors (Lipinski definition) is 2. The van der Waals surface area contributed by atoms with Crippen LogP contribution in [0.1, 0.15) is 18.1 Å². The fraction of sp³-hybridized carbons (Fsp3) is 0.467. The average Bonchev–Trinajstić information content (AvgIpc) is 2.39. The molecule has 1 unspecified atom stereocenters. The molecule has 2 amide bonds. The highest BCUT2D eigenvalue weighted by molar-refractivity contribution is 5.89. The van der Waals surface area contributed by atoms with Crippen LogP contribution in [0.5, 0.6) is 0 Å². The molecule has 102 valence electrons. The van der Waals surface area contributed by atoms with Gasteiger partial charge in [0.2, 0.25) is 11.8 Å². The molecule has 1 aromatic carbocycles. The van der Waals surface area contributed by atoms with Crippen LogP contribution in [-0.4, -0.2) is 47.8 Å². The van der Waals surface area contributed by atoms with Crippen molar-refractivity contribution >= 4 is 11.8 Å². The van der Waals surface area contributed by atoms with Gasteiger partial charge in [-0.15, -0.1) is 0 Å². The third kappa shape index (κ3) is 2.95. The van der Waals surface area contributed by atoms with Crippen LogP contribution >= 0.6 is 0 Å². The van der Waals surface area contributed by atoms with Gasteiger partial charge in [0.25, 0.3) is 0 Å². The van der Waals surface area contributed by atoms with Crippen LogP contribution in [0.4, 0.5) is 0 Å². The number of piperazine rings is 1. The lowest BCUT2D eigenvalue weighted by molar-refractivity contribution is -0.149. The molecule has 1 aromatic rings.